The number of ketones is 1. The van der Waals surface area contributed by atoms with Gasteiger partial charge in [0.1, 0.15) is 17.3 Å². The van der Waals surface area contributed by atoms with Crippen LogP contribution in [0.3, 0.4) is 0 Å². The fourth-order valence-corrected chi connectivity index (χ4v) is 4.27. The average Bonchev–Trinajstić information content (AvgIpc) is 3.52. The zero-order valence-electron chi connectivity index (χ0n) is 21.2. The molecular weight excluding hydrogens is 474 g/mol. The van der Waals surface area contributed by atoms with Crippen LogP contribution in [0.15, 0.2) is 70.9 Å². The molecule has 1 atom stereocenters. The van der Waals surface area contributed by atoms with Crippen molar-refractivity contribution in [3.05, 3.63) is 83.3 Å². The van der Waals surface area contributed by atoms with Gasteiger partial charge in [-0.15, -0.1) is 0 Å². The number of carbonyl (C=O) groups excluding carboxylic acids is 2. The monoisotopic (exact) mass is 505 g/mol. The van der Waals surface area contributed by atoms with Gasteiger partial charge in [0.25, 0.3) is 11.7 Å². The molecule has 0 aliphatic carbocycles. The molecule has 4 rings (SSSR count). The van der Waals surface area contributed by atoms with Crippen LogP contribution in [-0.2, 0) is 16.1 Å². The van der Waals surface area contributed by atoms with Crippen LogP contribution in [0.4, 0.5) is 0 Å². The summed E-state index contributed by atoms with van der Waals surface area (Å²) in [5.41, 5.74) is 0.988. The van der Waals surface area contributed by atoms with E-state index < -0.39 is 17.7 Å². The summed E-state index contributed by atoms with van der Waals surface area (Å²) in [5.74, 6) is 0.437. The Morgan fingerprint density at radius 1 is 1.03 bits per heavy atom. The van der Waals surface area contributed by atoms with E-state index in [1.807, 2.05) is 6.92 Å². The first kappa shape index (κ1) is 25.9. The molecule has 0 bridgehead atoms. The molecule has 1 fully saturated rings. The molecule has 1 saturated heterocycles. The van der Waals surface area contributed by atoms with Crippen molar-refractivity contribution in [1.29, 1.82) is 0 Å². The molecule has 1 N–H and O–H groups in total. The second-order valence-corrected chi connectivity index (χ2v) is 8.58. The SMILES string of the molecule is CCCCOc1ccc(C2/C(=C(\O)c3ccc(OC)cc3)C(=O)C(=O)N2Cc2ccco2)cc1OCC. The van der Waals surface area contributed by atoms with Gasteiger partial charge in [-0.25, -0.2) is 0 Å². The molecule has 194 valence electrons. The maximum absolute atomic E-state index is 13.3. The Balaban J connectivity index is 1.82. The van der Waals surface area contributed by atoms with Gasteiger partial charge in [0.2, 0.25) is 0 Å². The molecule has 0 saturated carbocycles. The fraction of sp³-hybridized carbons (Fsp3) is 0.310. The number of benzene rings is 2. The lowest BCUT2D eigenvalue weighted by Crippen LogP contribution is -2.29. The summed E-state index contributed by atoms with van der Waals surface area (Å²) >= 11 is 0. The van der Waals surface area contributed by atoms with Gasteiger partial charge >= 0.3 is 0 Å². The summed E-state index contributed by atoms with van der Waals surface area (Å²) in [6.07, 6.45) is 3.40. The number of nitrogens with zero attached hydrogens (tertiary/aromatic N) is 1. The molecule has 1 amide bonds. The minimum Gasteiger partial charge on any atom is -0.507 e. The Hall–Kier alpha value is -4.20. The van der Waals surface area contributed by atoms with Crippen molar-refractivity contribution >= 4 is 17.4 Å². The minimum atomic E-state index is -0.865. The molecule has 8 nitrogen and oxygen atoms in total. The van der Waals surface area contributed by atoms with E-state index in [1.165, 1.54) is 11.2 Å². The van der Waals surface area contributed by atoms with Gasteiger partial charge in [0.05, 0.1) is 44.7 Å². The highest BCUT2D eigenvalue weighted by molar-refractivity contribution is 6.46. The topological polar surface area (TPSA) is 98.4 Å². The van der Waals surface area contributed by atoms with Crippen LogP contribution in [0.1, 0.15) is 49.6 Å². The first-order valence-electron chi connectivity index (χ1n) is 12.3. The fourth-order valence-electron chi connectivity index (χ4n) is 4.27. The van der Waals surface area contributed by atoms with Crippen LogP contribution in [-0.4, -0.2) is 42.0 Å². The average molecular weight is 506 g/mol. The molecule has 2 aromatic carbocycles. The summed E-state index contributed by atoms with van der Waals surface area (Å²) in [4.78, 5) is 27.9. The van der Waals surface area contributed by atoms with Crippen molar-refractivity contribution in [1.82, 2.24) is 4.90 Å². The van der Waals surface area contributed by atoms with Gasteiger partial charge in [-0.1, -0.05) is 19.4 Å². The summed E-state index contributed by atoms with van der Waals surface area (Å²) in [5, 5.41) is 11.3. The first-order valence-corrected chi connectivity index (χ1v) is 12.3. The number of furan rings is 1. The molecule has 1 unspecified atom stereocenters. The van der Waals surface area contributed by atoms with E-state index in [2.05, 4.69) is 6.92 Å². The smallest absolute Gasteiger partial charge is 0.296 e. The molecule has 0 radical (unpaired) electrons. The molecular formula is C29H31NO7. The Kier molecular flexibility index (Phi) is 8.18. The highest BCUT2D eigenvalue weighted by Gasteiger charge is 2.46. The van der Waals surface area contributed by atoms with Crippen LogP contribution in [0, 0.1) is 0 Å². The maximum Gasteiger partial charge on any atom is 0.296 e. The Morgan fingerprint density at radius 3 is 2.46 bits per heavy atom. The standard InChI is InChI=1S/C29H31NO7/c1-4-6-15-37-23-14-11-20(17-24(23)35-5-2)26-25(27(31)19-9-12-21(34-3)13-10-19)28(32)29(33)30(26)18-22-8-7-16-36-22/h7-14,16-17,26,31H,4-6,15,18H2,1-3H3/b27-25+. The molecule has 2 heterocycles. The van der Waals surface area contributed by atoms with Gasteiger partial charge in [-0.3, -0.25) is 9.59 Å². The Bertz CT molecular complexity index is 1260. The predicted octanol–water partition coefficient (Wildman–Crippen LogP) is 5.49. The number of carbonyl (C=O) groups is 2. The number of hydrogen-bond donors (Lipinski definition) is 1. The number of unbranched alkanes of at least 4 members (excludes halogenated alkanes) is 1. The molecule has 1 aliphatic rings. The Labute approximate surface area is 216 Å². The van der Waals surface area contributed by atoms with E-state index in [9.17, 15) is 14.7 Å². The van der Waals surface area contributed by atoms with Gasteiger partial charge in [0, 0.05) is 5.56 Å². The lowest BCUT2D eigenvalue weighted by atomic mass is 9.95. The largest absolute Gasteiger partial charge is 0.507 e. The lowest BCUT2D eigenvalue weighted by molar-refractivity contribution is -0.140. The maximum atomic E-state index is 13.3. The van der Waals surface area contributed by atoms with Crippen LogP contribution in [0.2, 0.25) is 0 Å². The molecule has 8 heteroatoms. The highest BCUT2D eigenvalue weighted by atomic mass is 16.5. The van der Waals surface area contributed by atoms with Crippen molar-refractivity contribution in [3.63, 3.8) is 0 Å². The number of rotatable bonds is 11. The van der Waals surface area contributed by atoms with E-state index in [4.69, 9.17) is 18.6 Å². The normalized spacial score (nSPS) is 16.7. The second kappa shape index (κ2) is 11.7. The second-order valence-electron chi connectivity index (χ2n) is 8.58. The number of ether oxygens (including phenoxy) is 3. The highest BCUT2D eigenvalue weighted by Crippen LogP contribution is 2.43. The third-order valence-electron chi connectivity index (χ3n) is 6.15. The lowest BCUT2D eigenvalue weighted by Gasteiger charge is -2.25. The number of aliphatic hydroxyl groups is 1. The predicted molar refractivity (Wildman–Crippen MR) is 138 cm³/mol. The number of hydrogen-bond acceptors (Lipinski definition) is 7. The van der Waals surface area contributed by atoms with E-state index in [0.29, 0.717) is 47.3 Å². The number of methoxy groups -OCH3 is 1. The third kappa shape index (κ3) is 5.48. The number of amides is 1. The van der Waals surface area contributed by atoms with Crippen LogP contribution in [0.25, 0.3) is 5.76 Å². The van der Waals surface area contributed by atoms with Crippen LogP contribution < -0.4 is 14.2 Å². The minimum absolute atomic E-state index is 0.0103. The van der Waals surface area contributed by atoms with Gasteiger partial charge in [-0.05, 0) is 67.4 Å². The van der Waals surface area contributed by atoms with E-state index in [1.54, 1.807) is 61.7 Å². The van der Waals surface area contributed by atoms with E-state index in [-0.39, 0.29) is 17.9 Å². The molecule has 0 spiro atoms. The molecule has 1 aliphatic heterocycles. The summed E-state index contributed by atoms with van der Waals surface area (Å²) in [7, 11) is 1.54. The van der Waals surface area contributed by atoms with Gasteiger partial charge in [-0.2, -0.15) is 0 Å². The van der Waals surface area contributed by atoms with Crippen molar-refractivity contribution < 1.29 is 33.3 Å². The van der Waals surface area contributed by atoms with Crippen molar-refractivity contribution in [3.8, 4) is 17.2 Å². The quantitative estimate of drug-likeness (QED) is 0.159. The Morgan fingerprint density at radius 2 is 1.81 bits per heavy atom. The number of aliphatic hydroxyl groups excluding tert-OH is 1. The number of likely N-dealkylation sites (tertiary alicyclic amines) is 1. The molecule has 37 heavy (non-hydrogen) atoms. The van der Waals surface area contributed by atoms with Gasteiger partial charge < -0.3 is 28.6 Å². The third-order valence-corrected chi connectivity index (χ3v) is 6.15. The van der Waals surface area contributed by atoms with Crippen molar-refractivity contribution in [2.75, 3.05) is 20.3 Å². The first-order chi connectivity index (χ1) is 18.0. The zero-order valence-corrected chi connectivity index (χ0v) is 21.2. The summed E-state index contributed by atoms with van der Waals surface area (Å²) in [6.45, 7) is 4.96. The zero-order chi connectivity index (χ0) is 26.4. The summed E-state index contributed by atoms with van der Waals surface area (Å²) in [6, 6.07) is 14.5. The summed E-state index contributed by atoms with van der Waals surface area (Å²) < 4.78 is 22.4. The van der Waals surface area contributed by atoms with Crippen molar-refractivity contribution in [2.45, 2.75) is 39.3 Å². The molecule has 3 aromatic rings. The van der Waals surface area contributed by atoms with Crippen molar-refractivity contribution in [2.24, 2.45) is 0 Å². The van der Waals surface area contributed by atoms with Crippen LogP contribution >= 0.6 is 0 Å². The number of Topliss-reactive ketones (excluding diaryl/α,β-unsaturated/α-hetero) is 1. The van der Waals surface area contributed by atoms with Gasteiger partial charge in [0.15, 0.2) is 11.5 Å². The van der Waals surface area contributed by atoms with Crippen LogP contribution in [0.5, 0.6) is 17.2 Å². The molecule has 1 aromatic heterocycles. The van der Waals surface area contributed by atoms with E-state index >= 15 is 0 Å². The van der Waals surface area contributed by atoms with E-state index in [0.717, 1.165) is 12.8 Å².